The quantitative estimate of drug-likeness (QED) is 0.283. The molecule has 0 radical (unpaired) electrons. The molecule has 0 saturated heterocycles. The van der Waals surface area contributed by atoms with Crippen LogP contribution < -0.4 is 5.43 Å². The van der Waals surface area contributed by atoms with E-state index in [0.717, 1.165) is 31.9 Å². The lowest BCUT2D eigenvalue weighted by molar-refractivity contribution is -0.118. The van der Waals surface area contributed by atoms with Crippen molar-refractivity contribution in [2.75, 3.05) is 5.75 Å². The van der Waals surface area contributed by atoms with Gasteiger partial charge >= 0.3 is 0 Å². The van der Waals surface area contributed by atoms with Crippen LogP contribution in [0.3, 0.4) is 0 Å². The number of halogens is 2. The molecule has 0 saturated carbocycles. The van der Waals surface area contributed by atoms with Gasteiger partial charge in [0.1, 0.15) is 5.15 Å². The number of hydrazone groups is 1. The lowest BCUT2D eigenvalue weighted by Gasteiger charge is -2.08. The normalized spacial score (nSPS) is 11.2. The minimum Gasteiger partial charge on any atom is -0.272 e. The van der Waals surface area contributed by atoms with Crippen LogP contribution in [0.5, 0.6) is 0 Å². The Morgan fingerprint density at radius 3 is 2.69 bits per heavy atom. The molecule has 8 heteroatoms. The minimum atomic E-state index is -0.185. The number of amides is 1. The van der Waals surface area contributed by atoms with Gasteiger partial charge in [-0.2, -0.15) is 10.2 Å². The van der Waals surface area contributed by atoms with E-state index in [1.807, 2.05) is 51.1 Å². The number of carbonyl (C=O) groups excluding carboxylic acids is 1. The highest BCUT2D eigenvalue weighted by atomic mass is 79.9. The average molecular weight is 492 g/mol. The molecule has 3 aromatic rings. The summed E-state index contributed by atoms with van der Waals surface area (Å²) in [6.07, 6.45) is 1.53. The highest BCUT2D eigenvalue weighted by Crippen LogP contribution is 2.28. The molecule has 0 aliphatic heterocycles. The van der Waals surface area contributed by atoms with Crippen LogP contribution in [0.15, 0.2) is 56.9 Å². The van der Waals surface area contributed by atoms with E-state index in [0.29, 0.717) is 10.7 Å². The van der Waals surface area contributed by atoms with Crippen LogP contribution >= 0.6 is 39.3 Å². The average Bonchev–Trinajstić information content (AvgIpc) is 2.98. The standard InChI is InChI=1S/C21H20BrClN4OS/c1-13-10-19(14(2)9-18(13)22)29-12-20(28)25-24-11-17-15(3)26-27(21(17)23)16-7-5-4-6-8-16/h4-11H,12H2,1-3H3,(H,25,28)/b24-11+. The van der Waals surface area contributed by atoms with Crippen LogP contribution in [0.4, 0.5) is 0 Å². The maximum Gasteiger partial charge on any atom is 0.250 e. The number of aromatic nitrogens is 2. The fourth-order valence-electron chi connectivity index (χ4n) is 2.65. The molecule has 1 N–H and O–H groups in total. The summed E-state index contributed by atoms with van der Waals surface area (Å²) in [5.74, 6) is 0.0883. The smallest absolute Gasteiger partial charge is 0.250 e. The topological polar surface area (TPSA) is 59.3 Å². The number of benzene rings is 2. The van der Waals surface area contributed by atoms with Crippen LogP contribution in [0.25, 0.3) is 5.69 Å². The first-order valence-electron chi connectivity index (χ1n) is 8.89. The summed E-state index contributed by atoms with van der Waals surface area (Å²) in [7, 11) is 0. The number of hydrogen-bond donors (Lipinski definition) is 1. The summed E-state index contributed by atoms with van der Waals surface area (Å²) in [5, 5.41) is 8.95. The fourth-order valence-corrected chi connectivity index (χ4v) is 4.33. The fraction of sp³-hybridized carbons (Fsp3) is 0.190. The SMILES string of the molecule is Cc1cc(SCC(=O)N/N=C/c2c(C)nn(-c3ccccc3)c2Cl)c(C)cc1Br. The van der Waals surface area contributed by atoms with Gasteiger partial charge in [0.2, 0.25) is 5.91 Å². The predicted molar refractivity (Wildman–Crippen MR) is 123 cm³/mol. The third kappa shape index (κ3) is 5.29. The molecule has 150 valence electrons. The van der Waals surface area contributed by atoms with Crippen LogP contribution in [0.1, 0.15) is 22.4 Å². The highest BCUT2D eigenvalue weighted by molar-refractivity contribution is 9.10. The molecule has 1 heterocycles. The zero-order valence-corrected chi connectivity index (χ0v) is 19.4. The monoisotopic (exact) mass is 490 g/mol. The van der Waals surface area contributed by atoms with Crippen molar-refractivity contribution in [2.45, 2.75) is 25.7 Å². The third-order valence-electron chi connectivity index (χ3n) is 4.25. The Kier molecular flexibility index (Phi) is 7.16. The number of aryl methyl sites for hydroxylation is 3. The summed E-state index contributed by atoms with van der Waals surface area (Å²) in [5.41, 5.74) is 7.08. The maximum absolute atomic E-state index is 12.2. The number of rotatable bonds is 6. The number of hydrogen-bond acceptors (Lipinski definition) is 4. The molecular formula is C21H20BrClN4OS. The number of thioether (sulfide) groups is 1. The summed E-state index contributed by atoms with van der Waals surface area (Å²) >= 11 is 11.5. The van der Waals surface area contributed by atoms with Gasteiger partial charge in [0.05, 0.1) is 28.9 Å². The third-order valence-corrected chi connectivity index (χ3v) is 6.62. The second-order valence-corrected chi connectivity index (χ2v) is 8.72. The lowest BCUT2D eigenvalue weighted by atomic mass is 10.2. The summed E-state index contributed by atoms with van der Waals surface area (Å²) in [6.45, 7) is 5.90. The summed E-state index contributed by atoms with van der Waals surface area (Å²) in [6, 6.07) is 13.7. The Morgan fingerprint density at radius 1 is 1.24 bits per heavy atom. The van der Waals surface area contributed by atoms with E-state index in [1.54, 1.807) is 4.68 Å². The van der Waals surface area contributed by atoms with Gasteiger partial charge in [-0.25, -0.2) is 10.1 Å². The van der Waals surface area contributed by atoms with Gasteiger partial charge in [0, 0.05) is 9.37 Å². The van der Waals surface area contributed by atoms with Gasteiger partial charge in [0.15, 0.2) is 0 Å². The second-order valence-electron chi connectivity index (χ2n) is 6.49. The van der Waals surface area contributed by atoms with Crippen molar-refractivity contribution in [1.29, 1.82) is 0 Å². The van der Waals surface area contributed by atoms with E-state index >= 15 is 0 Å². The predicted octanol–water partition coefficient (Wildman–Crippen LogP) is 5.46. The molecular weight excluding hydrogens is 472 g/mol. The van der Waals surface area contributed by atoms with Crippen molar-refractivity contribution < 1.29 is 4.79 Å². The van der Waals surface area contributed by atoms with Gasteiger partial charge < -0.3 is 0 Å². The molecule has 0 fully saturated rings. The minimum absolute atomic E-state index is 0.185. The van der Waals surface area contributed by atoms with Crippen LogP contribution in [0.2, 0.25) is 5.15 Å². The van der Waals surface area contributed by atoms with E-state index in [-0.39, 0.29) is 11.7 Å². The van der Waals surface area contributed by atoms with Gasteiger partial charge in [-0.15, -0.1) is 11.8 Å². The van der Waals surface area contributed by atoms with E-state index in [4.69, 9.17) is 11.6 Å². The zero-order valence-electron chi connectivity index (χ0n) is 16.2. The van der Waals surface area contributed by atoms with E-state index in [1.165, 1.54) is 18.0 Å². The van der Waals surface area contributed by atoms with Crippen molar-refractivity contribution in [2.24, 2.45) is 5.10 Å². The molecule has 29 heavy (non-hydrogen) atoms. The first kappa shape index (κ1) is 21.6. The molecule has 3 rings (SSSR count). The largest absolute Gasteiger partial charge is 0.272 e. The van der Waals surface area contributed by atoms with Crippen molar-refractivity contribution >= 4 is 51.4 Å². The van der Waals surface area contributed by atoms with Crippen LogP contribution in [-0.4, -0.2) is 27.7 Å². The van der Waals surface area contributed by atoms with Crippen molar-refractivity contribution in [3.05, 3.63) is 74.5 Å². The van der Waals surface area contributed by atoms with Gasteiger partial charge in [-0.3, -0.25) is 4.79 Å². The lowest BCUT2D eigenvalue weighted by Crippen LogP contribution is -2.19. The molecule has 1 amide bonds. The van der Waals surface area contributed by atoms with Gasteiger partial charge in [-0.1, -0.05) is 45.7 Å². The molecule has 0 bridgehead atoms. The van der Waals surface area contributed by atoms with Crippen molar-refractivity contribution in [3.63, 3.8) is 0 Å². The first-order chi connectivity index (χ1) is 13.9. The Morgan fingerprint density at radius 2 is 1.97 bits per heavy atom. The Hall–Kier alpha value is -2.09. The highest BCUT2D eigenvalue weighted by Gasteiger charge is 2.13. The van der Waals surface area contributed by atoms with E-state index in [2.05, 4.69) is 43.7 Å². The molecule has 1 aromatic heterocycles. The van der Waals surface area contributed by atoms with Gasteiger partial charge in [-0.05, 0) is 56.2 Å². The molecule has 0 unspecified atom stereocenters. The Balaban J connectivity index is 1.62. The Labute approximate surface area is 187 Å². The summed E-state index contributed by atoms with van der Waals surface area (Å²) < 4.78 is 2.71. The van der Waals surface area contributed by atoms with Crippen LogP contribution in [0, 0.1) is 20.8 Å². The second kappa shape index (κ2) is 9.61. The number of carbonyl (C=O) groups is 1. The number of nitrogens with one attached hydrogen (secondary N) is 1. The molecule has 0 spiro atoms. The molecule has 2 aromatic carbocycles. The van der Waals surface area contributed by atoms with Crippen molar-refractivity contribution in [1.82, 2.24) is 15.2 Å². The molecule has 0 aliphatic rings. The number of para-hydroxylation sites is 1. The number of nitrogens with zero attached hydrogens (tertiary/aromatic N) is 3. The zero-order chi connectivity index (χ0) is 21.0. The summed E-state index contributed by atoms with van der Waals surface area (Å²) in [4.78, 5) is 13.2. The maximum atomic E-state index is 12.2. The Bertz CT molecular complexity index is 1070. The molecule has 0 aliphatic carbocycles. The van der Waals surface area contributed by atoms with Gasteiger partial charge in [0.25, 0.3) is 0 Å². The van der Waals surface area contributed by atoms with Crippen molar-refractivity contribution in [3.8, 4) is 5.69 Å². The molecule has 0 atom stereocenters. The van der Waals surface area contributed by atoms with E-state index < -0.39 is 0 Å². The molecule has 5 nitrogen and oxygen atoms in total. The first-order valence-corrected chi connectivity index (χ1v) is 11.0. The van der Waals surface area contributed by atoms with Crippen LogP contribution in [-0.2, 0) is 4.79 Å². The van der Waals surface area contributed by atoms with E-state index in [9.17, 15) is 4.79 Å².